The highest BCUT2D eigenvalue weighted by Crippen LogP contribution is 2.23. The van der Waals surface area contributed by atoms with Gasteiger partial charge in [0, 0.05) is 11.0 Å². The van der Waals surface area contributed by atoms with Gasteiger partial charge < -0.3 is 10.5 Å². The highest BCUT2D eigenvalue weighted by atomic mass is 32.1. The molecule has 0 radical (unpaired) electrons. The predicted octanol–water partition coefficient (Wildman–Crippen LogP) is 0.966. The third-order valence-electron chi connectivity index (χ3n) is 1.14. The van der Waals surface area contributed by atoms with Crippen molar-refractivity contribution in [2.24, 2.45) is 5.84 Å². The number of aromatic hydroxyl groups is 1. The van der Waals surface area contributed by atoms with E-state index in [4.69, 9.17) is 10.9 Å². The van der Waals surface area contributed by atoms with Gasteiger partial charge in [-0.05, 0) is 12.1 Å². The summed E-state index contributed by atoms with van der Waals surface area (Å²) in [5, 5.41) is 9.06. The Kier molecular flexibility index (Phi) is 2.03. The summed E-state index contributed by atoms with van der Waals surface area (Å²) in [6, 6.07) is 4.89. The van der Waals surface area contributed by atoms with Crippen LogP contribution in [0.2, 0.25) is 0 Å². The van der Waals surface area contributed by atoms with Crippen molar-refractivity contribution in [2.75, 3.05) is 5.43 Å². The van der Waals surface area contributed by atoms with E-state index in [9.17, 15) is 0 Å². The Hall–Kier alpha value is -0.870. The summed E-state index contributed by atoms with van der Waals surface area (Å²) in [6.45, 7) is 0. The molecule has 10 heavy (non-hydrogen) atoms. The van der Waals surface area contributed by atoms with Crippen LogP contribution < -0.4 is 11.3 Å². The molecule has 0 saturated heterocycles. The van der Waals surface area contributed by atoms with E-state index in [1.54, 1.807) is 12.1 Å². The van der Waals surface area contributed by atoms with E-state index in [0.717, 1.165) is 0 Å². The highest BCUT2D eigenvalue weighted by Gasteiger charge is 1.95. The molecule has 0 amide bonds. The fourth-order valence-corrected chi connectivity index (χ4v) is 0.752. The van der Waals surface area contributed by atoms with Gasteiger partial charge in [0.2, 0.25) is 0 Å². The first-order valence-corrected chi connectivity index (χ1v) is 3.17. The van der Waals surface area contributed by atoms with Crippen molar-refractivity contribution in [3.05, 3.63) is 18.2 Å². The molecular formula is C6H8N2OS. The minimum Gasteiger partial charge on any atom is -0.507 e. The lowest BCUT2D eigenvalue weighted by molar-refractivity contribution is 0.463. The number of phenolic OH excluding ortho intramolecular Hbond substituents is 1. The van der Waals surface area contributed by atoms with Gasteiger partial charge in [0.05, 0.1) is 5.69 Å². The number of nitrogen functional groups attached to an aromatic ring is 1. The Balaban J connectivity index is 3.04. The smallest absolute Gasteiger partial charge is 0.130 e. The van der Waals surface area contributed by atoms with E-state index in [0.29, 0.717) is 10.6 Å². The van der Waals surface area contributed by atoms with Gasteiger partial charge in [0.25, 0.3) is 0 Å². The predicted molar refractivity (Wildman–Crippen MR) is 43.2 cm³/mol. The monoisotopic (exact) mass is 156 g/mol. The lowest BCUT2D eigenvalue weighted by atomic mass is 10.3. The van der Waals surface area contributed by atoms with Crippen LogP contribution in [0.1, 0.15) is 0 Å². The standard InChI is InChI=1S/C6H8N2OS/c7-8-4-1-2-6(10)5(9)3-4/h1-3,8-10H,7H2. The Labute approximate surface area is 64.2 Å². The zero-order chi connectivity index (χ0) is 7.56. The molecule has 0 spiro atoms. The zero-order valence-electron chi connectivity index (χ0n) is 5.20. The van der Waals surface area contributed by atoms with Crippen molar-refractivity contribution in [3.8, 4) is 5.75 Å². The van der Waals surface area contributed by atoms with Crippen molar-refractivity contribution >= 4 is 18.3 Å². The quantitative estimate of drug-likeness (QED) is 0.278. The molecule has 0 saturated carbocycles. The Morgan fingerprint density at radius 3 is 2.70 bits per heavy atom. The second kappa shape index (κ2) is 2.81. The maximum Gasteiger partial charge on any atom is 0.130 e. The van der Waals surface area contributed by atoms with Gasteiger partial charge in [-0.15, -0.1) is 12.6 Å². The van der Waals surface area contributed by atoms with Gasteiger partial charge in [0.1, 0.15) is 5.75 Å². The Morgan fingerprint density at radius 1 is 1.50 bits per heavy atom. The minimum absolute atomic E-state index is 0.124. The first-order chi connectivity index (χ1) is 4.74. The summed E-state index contributed by atoms with van der Waals surface area (Å²) >= 11 is 3.97. The summed E-state index contributed by atoms with van der Waals surface area (Å²) in [5.41, 5.74) is 3.06. The lowest BCUT2D eigenvalue weighted by Gasteiger charge is -2.00. The van der Waals surface area contributed by atoms with Gasteiger partial charge in [-0.1, -0.05) is 0 Å². The van der Waals surface area contributed by atoms with Crippen LogP contribution in [0.3, 0.4) is 0 Å². The van der Waals surface area contributed by atoms with Gasteiger partial charge in [-0.2, -0.15) is 0 Å². The SMILES string of the molecule is NNc1ccc(S)c(O)c1. The van der Waals surface area contributed by atoms with Crippen LogP contribution in [0.4, 0.5) is 5.69 Å². The normalized spacial score (nSPS) is 9.40. The summed E-state index contributed by atoms with van der Waals surface area (Å²) in [4.78, 5) is 0.541. The van der Waals surface area contributed by atoms with E-state index in [2.05, 4.69) is 18.1 Å². The lowest BCUT2D eigenvalue weighted by Crippen LogP contribution is -2.05. The van der Waals surface area contributed by atoms with Crippen LogP contribution in [-0.4, -0.2) is 5.11 Å². The molecule has 0 bridgehead atoms. The third-order valence-corrected chi connectivity index (χ3v) is 1.52. The first-order valence-electron chi connectivity index (χ1n) is 2.72. The molecule has 3 nitrogen and oxygen atoms in total. The number of hydrazine groups is 1. The van der Waals surface area contributed by atoms with E-state index in [1.807, 2.05) is 0 Å². The Bertz CT molecular complexity index is 239. The van der Waals surface area contributed by atoms with Crippen molar-refractivity contribution in [2.45, 2.75) is 4.90 Å². The van der Waals surface area contributed by atoms with Gasteiger partial charge >= 0.3 is 0 Å². The maximum atomic E-state index is 9.06. The topological polar surface area (TPSA) is 58.3 Å². The van der Waals surface area contributed by atoms with E-state index >= 15 is 0 Å². The summed E-state index contributed by atoms with van der Waals surface area (Å²) < 4.78 is 0. The molecular weight excluding hydrogens is 148 g/mol. The summed E-state index contributed by atoms with van der Waals surface area (Å²) in [6.07, 6.45) is 0. The Morgan fingerprint density at radius 2 is 2.20 bits per heavy atom. The average Bonchev–Trinajstić information content (AvgIpc) is 1.95. The van der Waals surface area contributed by atoms with Crippen LogP contribution in [-0.2, 0) is 0 Å². The second-order valence-electron chi connectivity index (χ2n) is 1.85. The van der Waals surface area contributed by atoms with Crippen LogP contribution in [0.25, 0.3) is 0 Å². The van der Waals surface area contributed by atoms with Crippen LogP contribution in [0, 0.1) is 0 Å². The molecule has 0 atom stereocenters. The molecule has 0 aliphatic carbocycles. The maximum absolute atomic E-state index is 9.06. The molecule has 0 heterocycles. The van der Waals surface area contributed by atoms with E-state index in [-0.39, 0.29) is 5.75 Å². The number of rotatable bonds is 1. The van der Waals surface area contributed by atoms with Gasteiger partial charge in [-0.3, -0.25) is 5.84 Å². The van der Waals surface area contributed by atoms with Gasteiger partial charge in [0.15, 0.2) is 0 Å². The molecule has 4 heteroatoms. The molecule has 4 N–H and O–H groups in total. The van der Waals surface area contributed by atoms with E-state index < -0.39 is 0 Å². The number of anilines is 1. The fraction of sp³-hybridized carbons (Fsp3) is 0. The molecule has 0 aliphatic rings. The van der Waals surface area contributed by atoms with Crippen LogP contribution >= 0.6 is 12.6 Å². The number of benzene rings is 1. The average molecular weight is 156 g/mol. The summed E-state index contributed by atoms with van der Waals surface area (Å²) in [5.74, 6) is 5.21. The van der Waals surface area contributed by atoms with Gasteiger partial charge in [-0.25, -0.2) is 0 Å². The number of hydrogen-bond donors (Lipinski definition) is 4. The van der Waals surface area contributed by atoms with Crippen molar-refractivity contribution in [1.82, 2.24) is 0 Å². The molecule has 0 unspecified atom stereocenters. The second-order valence-corrected chi connectivity index (χ2v) is 2.33. The number of hydrogen-bond acceptors (Lipinski definition) is 4. The molecule has 0 aromatic heterocycles. The molecule has 1 aromatic carbocycles. The van der Waals surface area contributed by atoms with Crippen molar-refractivity contribution in [1.29, 1.82) is 0 Å². The van der Waals surface area contributed by atoms with E-state index in [1.165, 1.54) is 6.07 Å². The molecule has 1 aromatic rings. The van der Waals surface area contributed by atoms with Crippen molar-refractivity contribution in [3.63, 3.8) is 0 Å². The molecule has 1 rings (SSSR count). The number of nitrogens with one attached hydrogen (secondary N) is 1. The number of phenols is 1. The first kappa shape index (κ1) is 7.24. The minimum atomic E-state index is 0.124. The highest BCUT2D eigenvalue weighted by molar-refractivity contribution is 7.80. The van der Waals surface area contributed by atoms with Crippen molar-refractivity contribution < 1.29 is 5.11 Å². The number of thiol groups is 1. The number of nitrogens with two attached hydrogens (primary N) is 1. The third kappa shape index (κ3) is 1.34. The fourth-order valence-electron chi connectivity index (χ4n) is 0.613. The largest absolute Gasteiger partial charge is 0.507 e. The molecule has 0 aliphatic heterocycles. The van der Waals surface area contributed by atoms with Crippen LogP contribution in [0.15, 0.2) is 23.1 Å². The zero-order valence-corrected chi connectivity index (χ0v) is 6.10. The molecule has 0 fully saturated rings. The molecule has 54 valence electrons. The van der Waals surface area contributed by atoms with Crippen LogP contribution in [0.5, 0.6) is 5.75 Å². The summed E-state index contributed by atoms with van der Waals surface area (Å²) in [7, 11) is 0.